The van der Waals surface area contributed by atoms with E-state index in [1.807, 2.05) is 32.0 Å². The number of carbonyl (C=O) groups is 2. The monoisotopic (exact) mass is 373 g/mol. The van der Waals surface area contributed by atoms with Gasteiger partial charge in [0.2, 0.25) is 0 Å². The number of nitrogens with one attached hydrogen (secondary N) is 1. The van der Waals surface area contributed by atoms with Crippen LogP contribution in [0.3, 0.4) is 0 Å². The molecule has 6 heteroatoms. The molecule has 2 aliphatic rings. The Balaban J connectivity index is 2.14. The van der Waals surface area contributed by atoms with Crippen LogP contribution in [0, 0.1) is 13.8 Å². The van der Waals surface area contributed by atoms with Crippen molar-refractivity contribution in [1.82, 2.24) is 5.32 Å². The highest BCUT2D eigenvalue weighted by Gasteiger charge is 2.50. The van der Waals surface area contributed by atoms with Crippen molar-refractivity contribution in [1.29, 1.82) is 0 Å². The second-order valence-corrected chi connectivity index (χ2v) is 7.60. The minimum atomic E-state index is -1.34. The van der Waals surface area contributed by atoms with Crippen molar-refractivity contribution < 1.29 is 24.2 Å². The van der Waals surface area contributed by atoms with Crippen LogP contribution in [0.2, 0.25) is 0 Å². The van der Waals surface area contributed by atoms with Gasteiger partial charge in [0.15, 0.2) is 0 Å². The van der Waals surface area contributed by atoms with Gasteiger partial charge in [0.1, 0.15) is 6.10 Å². The van der Waals surface area contributed by atoms with E-state index in [1.54, 1.807) is 14.0 Å². The molecule has 27 heavy (non-hydrogen) atoms. The summed E-state index contributed by atoms with van der Waals surface area (Å²) in [6.07, 6.45) is 1.13. The highest BCUT2D eigenvalue weighted by molar-refractivity contribution is 6.24. The number of hydrogen-bond donors (Lipinski definition) is 2. The molecule has 146 valence electrons. The van der Waals surface area contributed by atoms with E-state index in [4.69, 9.17) is 14.6 Å². The fraction of sp³-hybridized carbons (Fsp3) is 0.524. The first-order valence-electron chi connectivity index (χ1n) is 9.34. The molecule has 1 unspecified atom stereocenters. The van der Waals surface area contributed by atoms with Gasteiger partial charge >= 0.3 is 6.16 Å². The summed E-state index contributed by atoms with van der Waals surface area (Å²) in [4.78, 5) is 24.3. The first-order valence-corrected chi connectivity index (χ1v) is 9.34. The number of methoxy groups -OCH3 is 1. The number of ether oxygens (including phenoxy) is 2. The van der Waals surface area contributed by atoms with E-state index in [9.17, 15) is 9.59 Å². The highest BCUT2D eigenvalue weighted by Crippen LogP contribution is 2.45. The molecule has 1 saturated carbocycles. The van der Waals surface area contributed by atoms with Crippen LogP contribution in [0.5, 0.6) is 0 Å². The van der Waals surface area contributed by atoms with Gasteiger partial charge < -0.3 is 19.9 Å². The Morgan fingerprint density at radius 2 is 1.96 bits per heavy atom. The molecule has 0 bridgehead atoms. The van der Waals surface area contributed by atoms with Gasteiger partial charge in [-0.2, -0.15) is 0 Å². The molecule has 1 fully saturated rings. The summed E-state index contributed by atoms with van der Waals surface area (Å²) in [7, 11) is 1.70. The van der Waals surface area contributed by atoms with Crippen molar-refractivity contribution in [2.24, 2.45) is 0 Å². The average molecular weight is 373 g/mol. The largest absolute Gasteiger partial charge is 0.506 e. The van der Waals surface area contributed by atoms with E-state index in [-0.39, 0.29) is 12.0 Å². The number of amides is 1. The molecule has 0 aromatic heterocycles. The molecule has 1 aromatic carbocycles. The van der Waals surface area contributed by atoms with E-state index >= 15 is 0 Å². The van der Waals surface area contributed by atoms with E-state index in [2.05, 4.69) is 5.32 Å². The summed E-state index contributed by atoms with van der Waals surface area (Å²) in [5.41, 5.74) is 3.60. The Labute approximate surface area is 159 Å². The second-order valence-electron chi connectivity index (χ2n) is 7.60. The number of aryl methyl sites for hydroxylation is 2. The van der Waals surface area contributed by atoms with Crippen molar-refractivity contribution in [2.45, 2.75) is 64.2 Å². The maximum Gasteiger partial charge on any atom is 0.506 e. The van der Waals surface area contributed by atoms with E-state index in [0.717, 1.165) is 35.1 Å². The van der Waals surface area contributed by atoms with Gasteiger partial charge in [-0.1, -0.05) is 23.8 Å². The average Bonchev–Trinajstić information content (AvgIpc) is 2.89. The summed E-state index contributed by atoms with van der Waals surface area (Å²) >= 11 is 0. The zero-order chi connectivity index (χ0) is 19.8. The molecule has 0 saturated heterocycles. The van der Waals surface area contributed by atoms with Gasteiger partial charge in [-0.25, -0.2) is 4.79 Å². The molecule has 3 rings (SSSR count). The normalized spacial score (nSPS) is 26.2. The van der Waals surface area contributed by atoms with Crippen molar-refractivity contribution in [3.8, 4) is 0 Å². The summed E-state index contributed by atoms with van der Waals surface area (Å²) in [5, 5.41) is 12.3. The summed E-state index contributed by atoms with van der Waals surface area (Å²) in [6, 6.07) is 5.97. The number of benzene rings is 1. The minimum Gasteiger partial charge on any atom is -0.450 e. The lowest BCUT2D eigenvalue weighted by atomic mass is 9.73. The standard InChI is InChI=1S/C21H27NO5/c1-12-5-6-13(2)16(11-12)17-18(14(3)27-20(24)25)21(22-19(17)23)9-7-15(26-4)8-10-21/h5-6,11,14-15H,7-10H2,1-4H3,(H,22,23)(H,24,25). The zero-order valence-corrected chi connectivity index (χ0v) is 16.3. The molecule has 6 nitrogen and oxygen atoms in total. The lowest BCUT2D eigenvalue weighted by Gasteiger charge is -2.40. The highest BCUT2D eigenvalue weighted by atomic mass is 16.7. The molecular formula is C21H27NO5. The van der Waals surface area contributed by atoms with Gasteiger partial charge in [-0.15, -0.1) is 0 Å². The van der Waals surface area contributed by atoms with Crippen LogP contribution in [-0.4, -0.2) is 42.0 Å². The first-order chi connectivity index (χ1) is 12.8. The van der Waals surface area contributed by atoms with Crippen LogP contribution < -0.4 is 5.32 Å². The van der Waals surface area contributed by atoms with Crippen LogP contribution in [0.1, 0.15) is 49.3 Å². The minimum absolute atomic E-state index is 0.157. The molecule has 1 heterocycles. The van der Waals surface area contributed by atoms with Crippen LogP contribution in [0.4, 0.5) is 4.79 Å². The molecule has 2 N–H and O–H groups in total. The molecule has 1 aromatic rings. The van der Waals surface area contributed by atoms with Gasteiger partial charge in [0, 0.05) is 12.7 Å². The Hall–Kier alpha value is -2.34. The van der Waals surface area contributed by atoms with Crippen LogP contribution in [0.25, 0.3) is 5.57 Å². The van der Waals surface area contributed by atoms with Crippen molar-refractivity contribution in [2.75, 3.05) is 7.11 Å². The molecule has 1 amide bonds. The third-order valence-corrected chi connectivity index (χ3v) is 5.83. The maximum atomic E-state index is 13.1. The molecular weight excluding hydrogens is 346 g/mol. The SMILES string of the molecule is COC1CCC2(CC1)NC(=O)C(c1cc(C)ccc1C)=C2C(C)OC(=O)O. The second kappa shape index (κ2) is 7.35. The van der Waals surface area contributed by atoms with Crippen LogP contribution in [-0.2, 0) is 14.3 Å². The third kappa shape index (κ3) is 3.58. The molecule has 1 aliphatic heterocycles. The van der Waals surface area contributed by atoms with Crippen LogP contribution in [0.15, 0.2) is 23.8 Å². The van der Waals surface area contributed by atoms with Crippen molar-refractivity contribution in [3.05, 3.63) is 40.5 Å². The van der Waals surface area contributed by atoms with Gasteiger partial charge in [0.25, 0.3) is 5.91 Å². The summed E-state index contributed by atoms with van der Waals surface area (Å²) in [6.45, 7) is 5.65. The molecule has 0 radical (unpaired) electrons. The van der Waals surface area contributed by atoms with Gasteiger partial charge in [0.05, 0.1) is 17.2 Å². The van der Waals surface area contributed by atoms with E-state index in [0.29, 0.717) is 18.4 Å². The zero-order valence-electron chi connectivity index (χ0n) is 16.3. The van der Waals surface area contributed by atoms with E-state index < -0.39 is 17.8 Å². The lowest BCUT2D eigenvalue weighted by Crippen LogP contribution is -2.50. The Bertz CT molecular complexity index is 790. The van der Waals surface area contributed by atoms with Crippen molar-refractivity contribution >= 4 is 17.6 Å². The lowest BCUT2D eigenvalue weighted by molar-refractivity contribution is -0.116. The first kappa shape index (κ1) is 19.4. The smallest absolute Gasteiger partial charge is 0.450 e. The number of hydrogen-bond acceptors (Lipinski definition) is 4. The fourth-order valence-corrected chi connectivity index (χ4v) is 4.50. The Morgan fingerprint density at radius 1 is 1.30 bits per heavy atom. The topological polar surface area (TPSA) is 84.9 Å². The summed E-state index contributed by atoms with van der Waals surface area (Å²) in [5.74, 6) is -0.157. The third-order valence-electron chi connectivity index (χ3n) is 5.83. The predicted octanol–water partition coefficient (Wildman–Crippen LogP) is 3.60. The van der Waals surface area contributed by atoms with Gasteiger partial charge in [-0.05, 0) is 57.6 Å². The number of carboxylic acid groups (broad SMARTS) is 1. The Morgan fingerprint density at radius 3 is 2.56 bits per heavy atom. The quantitative estimate of drug-likeness (QED) is 0.788. The van der Waals surface area contributed by atoms with Crippen LogP contribution >= 0.6 is 0 Å². The van der Waals surface area contributed by atoms with Crippen molar-refractivity contribution in [3.63, 3.8) is 0 Å². The Kier molecular flexibility index (Phi) is 5.29. The maximum absolute atomic E-state index is 13.1. The van der Waals surface area contributed by atoms with E-state index in [1.165, 1.54) is 0 Å². The number of rotatable bonds is 4. The summed E-state index contributed by atoms with van der Waals surface area (Å²) < 4.78 is 10.6. The van der Waals surface area contributed by atoms with Gasteiger partial charge in [-0.3, -0.25) is 4.79 Å². The number of carbonyl (C=O) groups excluding carboxylic acids is 1. The predicted molar refractivity (Wildman–Crippen MR) is 102 cm³/mol. The fourth-order valence-electron chi connectivity index (χ4n) is 4.50. The molecule has 1 spiro atoms. The molecule has 1 aliphatic carbocycles. The molecule has 1 atom stereocenters.